The lowest BCUT2D eigenvalue weighted by Crippen LogP contribution is -2.11. The van der Waals surface area contributed by atoms with Crippen molar-refractivity contribution in [3.05, 3.63) is 34.9 Å². The van der Waals surface area contributed by atoms with E-state index in [1.165, 1.54) is 18.2 Å². The third kappa shape index (κ3) is 1.55. The topological polar surface area (TPSA) is 29.4 Å². The first-order chi connectivity index (χ1) is 7.64. The Kier molecular flexibility index (Phi) is 2.60. The number of nitrogens with zero attached hydrogens (tertiary/aromatic N) is 1. The lowest BCUT2D eigenvalue weighted by Gasteiger charge is -2.13. The van der Waals surface area contributed by atoms with E-state index in [9.17, 15) is 13.6 Å². The van der Waals surface area contributed by atoms with E-state index < -0.39 is 17.2 Å². The van der Waals surface area contributed by atoms with Gasteiger partial charge in [-0.15, -0.1) is 0 Å². The van der Waals surface area contributed by atoms with Gasteiger partial charge in [-0.25, -0.2) is 13.6 Å². The summed E-state index contributed by atoms with van der Waals surface area (Å²) in [6.07, 6.45) is 2.90. The maximum absolute atomic E-state index is 14.0. The van der Waals surface area contributed by atoms with E-state index in [2.05, 4.69) is 4.99 Å². The Morgan fingerprint density at radius 2 is 2.12 bits per heavy atom. The van der Waals surface area contributed by atoms with Crippen LogP contribution in [0.4, 0.5) is 8.78 Å². The Hall–Kier alpha value is -1.54. The van der Waals surface area contributed by atoms with E-state index >= 15 is 0 Å². The van der Waals surface area contributed by atoms with Gasteiger partial charge < -0.3 is 0 Å². The highest BCUT2D eigenvalue weighted by Crippen LogP contribution is 2.51. The van der Waals surface area contributed by atoms with E-state index in [0.717, 1.165) is 0 Å². The standard InChI is InChI=1S/C12H11F2NO/c1-2-8-3-4-9(13)10(11(8)14)12(5-6-12)15-7-16/h3-4H,2,5-6H2,1H3. The Bertz CT molecular complexity index is 474. The van der Waals surface area contributed by atoms with Crippen molar-refractivity contribution in [1.29, 1.82) is 0 Å². The van der Waals surface area contributed by atoms with Gasteiger partial charge in [0.05, 0.1) is 5.56 Å². The predicted molar refractivity (Wildman–Crippen MR) is 54.8 cm³/mol. The zero-order valence-electron chi connectivity index (χ0n) is 8.89. The maximum Gasteiger partial charge on any atom is 0.235 e. The third-order valence-corrected chi connectivity index (χ3v) is 3.00. The largest absolute Gasteiger partial charge is 0.235 e. The zero-order chi connectivity index (χ0) is 11.8. The smallest absolute Gasteiger partial charge is 0.211 e. The van der Waals surface area contributed by atoms with Crippen LogP contribution in [-0.4, -0.2) is 6.08 Å². The zero-order valence-corrected chi connectivity index (χ0v) is 8.89. The van der Waals surface area contributed by atoms with Crippen molar-refractivity contribution in [2.75, 3.05) is 0 Å². The molecule has 2 nitrogen and oxygen atoms in total. The molecular weight excluding hydrogens is 212 g/mol. The van der Waals surface area contributed by atoms with E-state index in [1.807, 2.05) is 0 Å². The lowest BCUT2D eigenvalue weighted by molar-refractivity contribution is 0.508. The first kappa shape index (κ1) is 11.0. The van der Waals surface area contributed by atoms with Crippen molar-refractivity contribution in [2.24, 2.45) is 4.99 Å². The molecule has 4 heteroatoms. The molecule has 0 unspecified atom stereocenters. The number of hydrogen-bond acceptors (Lipinski definition) is 2. The molecule has 16 heavy (non-hydrogen) atoms. The summed E-state index contributed by atoms with van der Waals surface area (Å²) in [7, 11) is 0. The van der Waals surface area contributed by atoms with Gasteiger partial charge in [-0.3, -0.25) is 0 Å². The van der Waals surface area contributed by atoms with Gasteiger partial charge in [0.15, 0.2) is 0 Å². The van der Waals surface area contributed by atoms with Crippen LogP contribution in [0.1, 0.15) is 30.9 Å². The minimum Gasteiger partial charge on any atom is -0.211 e. The predicted octanol–water partition coefficient (Wildman–Crippen LogP) is 2.85. The SMILES string of the molecule is CCc1ccc(F)c(C2(N=C=O)CC2)c1F. The number of carbonyl (C=O) groups excluding carboxylic acids is 1. The van der Waals surface area contributed by atoms with Gasteiger partial charge in [0.25, 0.3) is 0 Å². The molecular formula is C12H11F2NO. The van der Waals surface area contributed by atoms with E-state index in [-0.39, 0.29) is 5.56 Å². The molecule has 1 aromatic rings. The number of benzene rings is 1. The van der Waals surface area contributed by atoms with Crippen molar-refractivity contribution >= 4 is 6.08 Å². The van der Waals surface area contributed by atoms with Crippen LogP contribution in [0.15, 0.2) is 17.1 Å². The van der Waals surface area contributed by atoms with Crippen LogP contribution in [-0.2, 0) is 16.8 Å². The van der Waals surface area contributed by atoms with Crippen LogP contribution in [0.2, 0.25) is 0 Å². The molecule has 0 spiro atoms. The highest BCUT2D eigenvalue weighted by atomic mass is 19.1. The summed E-state index contributed by atoms with van der Waals surface area (Å²) >= 11 is 0. The van der Waals surface area contributed by atoms with Crippen molar-refractivity contribution in [3.8, 4) is 0 Å². The second-order valence-corrected chi connectivity index (χ2v) is 3.98. The summed E-state index contributed by atoms with van der Waals surface area (Å²) < 4.78 is 27.6. The minimum absolute atomic E-state index is 0.0739. The number of halogens is 2. The molecule has 84 valence electrons. The first-order valence-electron chi connectivity index (χ1n) is 5.21. The summed E-state index contributed by atoms with van der Waals surface area (Å²) in [6.45, 7) is 1.79. The van der Waals surface area contributed by atoms with Crippen molar-refractivity contribution in [2.45, 2.75) is 31.7 Å². The van der Waals surface area contributed by atoms with Crippen molar-refractivity contribution in [1.82, 2.24) is 0 Å². The van der Waals surface area contributed by atoms with Crippen molar-refractivity contribution < 1.29 is 13.6 Å². The molecule has 1 aromatic carbocycles. The Morgan fingerprint density at radius 1 is 1.44 bits per heavy atom. The highest BCUT2D eigenvalue weighted by Gasteiger charge is 2.49. The fourth-order valence-corrected chi connectivity index (χ4v) is 1.92. The van der Waals surface area contributed by atoms with Gasteiger partial charge in [0.2, 0.25) is 6.08 Å². The lowest BCUT2D eigenvalue weighted by atomic mass is 9.99. The Morgan fingerprint density at radius 3 is 2.62 bits per heavy atom. The molecule has 1 aliphatic carbocycles. The number of isocyanates is 1. The van der Waals surface area contributed by atoms with Gasteiger partial charge >= 0.3 is 0 Å². The van der Waals surface area contributed by atoms with Gasteiger partial charge in [-0.2, -0.15) is 4.99 Å². The summed E-state index contributed by atoms with van der Waals surface area (Å²) in [5.74, 6) is -1.20. The fourth-order valence-electron chi connectivity index (χ4n) is 1.92. The molecule has 0 aromatic heterocycles. The Balaban J connectivity index is 2.60. The second-order valence-electron chi connectivity index (χ2n) is 3.98. The number of hydrogen-bond donors (Lipinski definition) is 0. The van der Waals surface area contributed by atoms with Gasteiger partial charge in [-0.1, -0.05) is 13.0 Å². The second kappa shape index (κ2) is 3.80. The van der Waals surface area contributed by atoms with Crippen LogP contribution in [0, 0.1) is 11.6 Å². The first-order valence-corrected chi connectivity index (χ1v) is 5.21. The van der Waals surface area contributed by atoms with Gasteiger partial charge in [0, 0.05) is 0 Å². The van der Waals surface area contributed by atoms with E-state index in [1.54, 1.807) is 6.92 Å². The summed E-state index contributed by atoms with van der Waals surface area (Å²) in [5.41, 5.74) is -0.611. The monoisotopic (exact) mass is 223 g/mol. The minimum atomic E-state index is -0.985. The van der Waals surface area contributed by atoms with Crippen LogP contribution in [0.25, 0.3) is 0 Å². The van der Waals surface area contributed by atoms with E-state index in [0.29, 0.717) is 24.8 Å². The normalized spacial score (nSPS) is 16.7. The molecule has 1 saturated carbocycles. The van der Waals surface area contributed by atoms with Crippen LogP contribution in [0.3, 0.4) is 0 Å². The fraction of sp³-hybridized carbons (Fsp3) is 0.417. The molecule has 2 rings (SSSR count). The number of aryl methyl sites for hydroxylation is 1. The summed E-state index contributed by atoms with van der Waals surface area (Å²) in [6, 6.07) is 2.66. The average molecular weight is 223 g/mol. The molecule has 0 aliphatic heterocycles. The van der Waals surface area contributed by atoms with Gasteiger partial charge in [-0.05, 0) is 30.9 Å². The molecule has 0 heterocycles. The molecule has 0 N–H and O–H groups in total. The van der Waals surface area contributed by atoms with Crippen LogP contribution < -0.4 is 0 Å². The maximum atomic E-state index is 14.0. The summed E-state index contributed by atoms with van der Waals surface area (Å²) in [5, 5.41) is 0. The highest BCUT2D eigenvalue weighted by molar-refractivity contribution is 5.43. The molecule has 0 saturated heterocycles. The summed E-state index contributed by atoms with van der Waals surface area (Å²) in [4.78, 5) is 13.8. The Labute approximate surface area is 92.0 Å². The van der Waals surface area contributed by atoms with Crippen LogP contribution in [0.5, 0.6) is 0 Å². The number of rotatable bonds is 3. The average Bonchev–Trinajstić information content (AvgIpc) is 2.99. The van der Waals surface area contributed by atoms with Crippen molar-refractivity contribution in [3.63, 3.8) is 0 Å². The van der Waals surface area contributed by atoms with Gasteiger partial charge in [0.1, 0.15) is 17.2 Å². The number of aliphatic imine (C=N–C) groups is 1. The third-order valence-electron chi connectivity index (χ3n) is 3.00. The molecule has 1 aliphatic rings. The van der Waals surface area contributed by atoms with E-state index in [4.69, 9.17) is 0 Å². The molecule has 1 fully saturated rings. The van der Waals surface area contributed by atoms with Crippen LogP contribution >= 0.6 is 0 Å². The molecule has 0 amide bonds. The molecule has 0 bridgehead atoms. The molecule has 0 atom stereocenters. The molecule has 0 radical (unpaired) electrons. The quantitative estimate of drug-likeness (QED) is 0.572.